The van der Waals surface area contributed by atoms with Crippen molar-refractivity contribution in [1.82, 2.24) is 0 Å². The van der Waals surface area contributed by atoms with Gasteiger partial charge in [-0.3, -0.25) is 4.79 Å². The lowest BCUT2D eigenvalue weighted by Crippen LogP contribution is -2.07. The first kappa shape index (κ1) is 11.4. The van der Waals surface area contributed by atoms with Gasteiger partial charge in [0, 0.05) is 6.42 Å². The summed E-state index contributed by atoms with van der Waals surface area (Å²) in [5, 5.41) is 9.08. The van der Waals surface area contributed by atoms with Crippen molar-refractivity contribution in [2.45, 2.75) is 58.0 Å². The fraction of sp³-hybridized carbons (Fsp3) is 0.750. The normalized spacial score (nSPS) is 19.7. The van der Waals surface area contributed by atoms with Crippen molar-refractivity contribution in [2.75, 3.05) is 0 Å². The Morgan fingerprint density at radius 3 is 3.00 bits per heavy atom. The molecule has 1 aliphatic rings. The van der Waals surface area contributed by atoms with Gasteiger partial charge in [-0.1, -0.05) is 12.5 Å². The maximum absolute atomic E-state index is 11.7. The van der Waals surface area contributed by atoms with E-state index in [1.807, 2.05) is 0 Å². The summed E-state index contributed by atoms with van der Waals surface area (Å²) < 4.78 is 0. The number of ketones is 1. The van der Waals surface area contributed by atoms with Gasteiger partial charge in [-0.2, -0.15) is 0 Å². The van der Waals surface area contributed by atoms with Crippen molar-refractivity contribution in [3.63, 3.8) is 0 Å². The Balaban J connectivity index is 2.38. The molecule has 2 heteroatoms. The molecule has 0 aromatic rings. The van der Waals surface area contributed by atoms with Crippen LogP contribution in [0, 0.1) is 0 Å². The predicted octanol–water partition coefficient (Wildman–Crippen LogP) is 2.61. The molecule has 0 aromatic heterocycles. The summed E-state index contributed by atoms with van der Waals surface area (Å²) in [6.07, 6.45) is 8.43. The van der Waals surface area contributed by atoms with E-state index in [1.165, 1.54) is 12.8 Å². The summed E-state index contributed by atoms with van der Waals surface area (Å²) >= 11 is 0. The number of aliphatic hydroxyl groups excluding tert-OH is 1. The van der Waals surface area contributed by atoms with Gasteiger partial charge in [-0.05, 0) is 44.6 Å². The second-order valence-corrected chi connectivity index (χ2v) is 4.14. The second-order valence-electron chi connectivity index (χ2n) is 4.14. The number of hydrogen-bond donors (Lipinski definition) is 1. The number of aliphatic hydroxyl groups is 1. The largest absolute Gasteiger partial charge is 0.393 e. The molecule has 80 valence electrons. The van der Waals surface area contributed by atoms with Crippen LogP contribution in [0.1, 0.15) is 51.9 Å². The molecule has 0 aromatic carbocycles. The number of carbonyl (C=O) groups is 1. The van der Waals surface area contributed by atoms with E-state index in [4.69, 9.17) is 5.11 Å². The molecule has 1 atom stereocenters. The van der Waals surface area contributed by atoms with Gasteiger partial charge in [0.2, 0.25) is 0 Å². The van der Waals surface area contributed by atoms with Gasteiger partial charge in [-0.15, -0.1) is 0 Å². The lowest BCUT2D eigenvalue weighted by atomic mass is 10.0. The Kier molecular flexibility index (Phi) is 4.88. The van der Waals surface area contributed by atoms with Crippen LogP contribution in [-0.4, -0.2) is 17.0 Å². The van der Waals surface area contributed by atoms with Crippen molar-refractivity contribution in [3.8, 4) is 0 Å². The minimum atomic E-state index is -0.356. The van der Waals surface area contributed by atoms with E-state index in [0.717, 1.165) is 24.8 Å². The molecular weight excluding hydrogens is 176 g/mol. The van der Waals surface area contributed by atoms with Gasteiger partial charge in [-0.25, -0.2) is 0 Å². The first-order chi connectivity index (χ1) is 6.70. The minimum absolute atomic E-state index is 0.243. The highest BCUT2D eigenvalue weighted by Crippen LogP contribution is 2.19. The molecular formula is C12H20O2. The van der Waals surface area contributed by atoms with Gasteiger partial charge in [0.1, 0.15) is 0 Å². The number of carbonyl (C=O) groups excluding carboxylic acids is 1. The van der Waals surface area contributed by atoms with Crippen LogP contribution in [0.2, 0.25) is 0 Å². The summed E-state index contributed by atoms with van der Waals surface area (Å²) in [6.45, 7) is 1.73. The van der Waals surface area contributed by atoms with Crippen molar-refractivity contribution < 1.29 is 9.90 Å². The van der Waals surface area contributed by atoms with E-state index in [2.05, 4.69) is 6.08 Å². The molecule has 1 rings (SSSR count). The van der Waals surface area contributed by atoms with Crippen molar-refractivity contribution in [2.24, 2.45) is 0 Å². The van der Waals surface area contributed by atoms with E-state index in [1.54, 1.807) is 6.92 Å². The molecule has 14 heavy (non-hydrogen) atoms. The van der Waals surface area contributed by atoms with Crippen LogP contribution in [0.4, 0.5) is 0 Å². The molecule has 1 N–H and O–H groups in total. The van der Waals surface area contributed by atoms with Gasteiger partial charge in [0.25, 0.3) is 0 Å². The third-order valence-electron chi connectivity index (χ3n) is 2.69. The highest BCUT2D eigenvalue weighted by Gasteiger charge is 2.11. The topological polar surface area (TPSA) is 37.3 Å². The molecule has 0 amide bonds. The molecule has 0 aliphatic heterocycles. The number of allylic oxidation sites excluding steroid dienone is 2. The fourth-order valence-corrected chi connectivity index (χ4v) is 1.77. The molecule has 1 aliphatic carbocycles. The third-order valence-corrected chi connectivity index (χ3v) is 2.69. The predicted molar refractivity (Wildman–Crippen MR) is 57.1 cm³/mol. The summed E-state index contributed by atoms with van der Waals surface area (Å²) in [7, 11) is 0. The smallest absolute Gasteiger partial charge is 0.158 e. The molecule has 0 fully saturated rings. The number of hydrogen-bond acceptors (Lipinski definition) is 2. The summed E-state index contributed by atoms with van der Waals surface area (Å²) in [6, 6.07) is 0. The Morgan fingerprint density at radius 2 is 2.29 bits per heavy atom. The molecule has 0 spiro atoms. The van der Waals surface area contributed by atoms with Crippen LogP contribution in [0.5, 0.6) is 0 Å². The monoisotopic (exact) mass is 196 g/mol. The maximum atomic E-state index is 11.7. The standard InChI is InChI=1S/C12H20O2/c1-10(13)8-9-12(14)11-6-4-2-3-5-7-11/h6,10,13H,2-5,7-9H2,1H3. The Hall–Kier alpha value is -0.630. The van der Waals surface area contributed by atoms with Crippen LogP contribution in [0.3, 0.4) is 0 Å². The van der Waals surface area contributed by atoms with Crippen LogP contribution < -0.4 is 0 Å². The fourth-order valence-electron chi connectivity index (χ4n) is 1.77. The minimum Gasteiger partial charge on any atom is -0.393 e. The van der Waals surface area contributed by atoms with E-state index in [9.17, 15) is 4.79 Å². The van der Waals surface area contributed by atoms with E-state index < -0.39 is 0 Å². The average Bonchev–Trinajstić information content (AvgIpc) is 2.42. The Morgan fingerprint density at radius 1 is 1.50 bits per heavy atom. The summed E-state index contributed by atoms with van der Waals surface area (Å²) in [5.41, 5.74) is 1.00. The van der Waals surface area contributed by atoms with Gasteiger partial charge >= 0.3 is 0 Å². The van der Waals surface area contributed by atoms with Crippen LogP contribution >= 0.6 is 0 Å². The summed E-state index contributed by atoms with van der Waals surface area (Å²) in [4.78, 5) is 11.7. The molecule has 2 nitrogen and oxygen atoms in total. The maximum Gasteiger partial charge on any atom is 0.158 e. The molecule has 1 unspecified atom stereocenters. The first-order valence-electron chi connectivity index (χ1n) is 5.60. The van der Waals surface area contributed by atoms with Gasteiger partial charge in [0.05, 0.1) is 6.10 Å². The van der Waals surface area contributed by atoms with Crippen molar-refractivity contribution in [3.05, 3.63) is 11.6 Å². The summed E-state index contributed by atoms with van der Waals surface area (Å²) in [5.74, 6) is 0.243. The quantitative estimate of drug-likeness (QED) is 0.750. The zero-order chi connectivity index (χ0) is 10.4. The molecule has 0 saturated carbocycles. The second kappa shape index (κ2) is 5.97. The molecule has 0 radical (unpaired) electrons. The Labute approximate surface area is 86.0 Å². The van der Waals surface area contributed by atoms with E-state index >= 15 is 0 Å². The number of rotatable bonds is 4. The third kappa shape index (κ3) is 4.05. The van der Waals surface area contributed by atoms with Gasteiger partial charge in [0.15, 0.2) is 5.78 Å². The van der Waals surface area contributed by atoms with Gasteiger partial charge < -0.3 is 5.11 Å². The van der Waals surface area contributed by atoms with E-state index in [0.29, 0.717) is 12.8 Å². The molecule has 0 saturated heterocycles. The number of Topliss-reactive ketones (excluding diaryl/α,β-unsaturated/α-hetero) is 1. The van der Waals surface area contributed by atoms with E-state index in [-0.39, 0.29) is 11.9 Å². The average molecular weight is 196 g/mol. The lowest BCUT2D eigenvalue weighted by Gasteiger charge is -2.05. The van der Waals surface area contributed by atoms with Crippen LogP contribution in [0.25, 0.3) is 0 Å². The molecule has 0 heterocycles. The zero-order valence-electron chi connectivity index (χ0n) is 8.96. The molecule has 0 bridgehead atoms. The first-order valence-corrected chi connectivity index (χ1v) is 5.60. The van der Waals surface area contributed by atoms with Crippen molar-refractivity contribution in [1.29, 1.82) is 0 Å². The van der Waals surface area contributed by atoms with Crippen molar-refractivity contribution >= 4 is 5.78 Å². The highest BCUT2D eigenvalue weighted by atomic mass is 16.3. The van der Waals surface area contributed by atoms with Crippen LogP contribution in [0.15, 0.2) is 11.6 Å². The Bertz CT molecular complexity index is 216. The van der Waals surface area contributed by atoms with Crippen LogP contribution in [-0.2, 0) is 4.79 Å². The SMILES string of the molecule is CC(O)CCC(=O)C1=CCCCCC1. The lowest BCUT2D eigenvalue weighted by molar-refractivity contribution is -0.116. The zero-order valence-corrected chi connectivity index (χ0v) is 8.96. The highest BCUT2D eigenvalue weighted by molar-refractivity contribution is 5.95.